The van der Waals surface area contributed by atoms with E-state index in [1.54, 1.807) is 24.3 Å². The van der Waals surface area contributed by atoms with Gasteiger partial charge in [0.25, 0.3) is 11.5 Å². The molecule has 1 saturated heterocycles. The predicted octanol–water partition coefficient (Wildman–Crippen LogP) is 4.26. The van der Waals surface area contributed by atoms with E-state index < -0.39 is 0 Å². The molecule has 6 nitrogen and oxygen atoms in total. The third-order valence-corrected chi connectivity index (χ3v) is 6.93. The molecule has 2 aromatic heterocycles. The Bertz CT molecular complexity index is 1330. The molecule has 1 amide bonds. The number of aromatic nitrogens is 2. The summed E-state index contributed by atoms with van der Waals surface area (Å²) in [4.78, 5) is 38.8. The van der Waals surface area contributed by atoms with Gasteiger partial charge < -0.3 is 9.88 Å². The molecule has 3 heterocycles. The summed E-state index contributed by atoms with van der Waals surface area (Å²) >= 11 is 7.55. The highest BCUT2D eigenvalue weighted by Gasteiger charge is 2.23. The molecule has 5 rings (SSSR count). The first-order valence-corrected chi connectivity index (χ1v) is 11.6. The van der Waals surface area contributed by atoms with Crippen LogP contribution in [-0.4, -0.2) is 51.9 Å². The summed E-state index contributed by atoms with van der Waals surface area (Å²) < 4.78 is 0. The van der Waals surface area contributed by atoms with Crippen LogP contribution in [0.15, 0.2) is 65.5 Å². The van der Waals surface area contributed by atoms with Gasteiger partial charge in [0.1, 0.15) is 10.7 Å². The Hall–Kier alpha value is -3.00. The van der Waals surface area contributed by atoms with Crippen molar-refractivity contribution >= 4 is 39.1 Å². The molecule has 162 valence electrons. The minimum absolute atomic E-state index is 0.00729. The van der Waals surface area contributed by atoms with Crippen LogP contribution in [0, 0.1) is 0 Å². The Balaban J connectivity index is 1.27. The fraction of sp³-hybridized carbons (Fsp3) is 0.208. The Kier molecular flexibility index (Phi) is 5.78. The van der Waals surface area contributed by atoms with Crippen molar-refractivity contribution in [3.63, 3.8) is 0 Å². The number of rotatable bonds is 4. The number of nitrogens with zero attached hydrogens (tertiary/aromatic N) is 3. The van der Waals surface area contributed by atoms with Crippen LogP contribution >= 0.6 is 22.9 Å². The fourth-order valence-corrected chi connectivity index (χ4v) is 5.17. The first-order chi connectivity index (χ1) is 15.6. The van der Waals surface area contributed by atoms with E-state index in [0.29, 0.717) is 54.5 Å². The largest absolute Gasteiger partial charge is 0.336 e. The van der Waals surface area contributed by atoms with Crippen molar-refractivity contribution in [1.82, 2.24) is 19.8 Å². The normalized spacial score (nSPS) is 14.7. The Morgan fingerprint density at radius 1 is 1.03 bits per heavy atom. The Labute approximate surface area is 194 Å². The molecule has 1 N–H and O–H groups in total. The van der Waals surface area contributed by atoms with Gasteiger partial charge in [-0.1, -0.05) is 48.0 Å². The number of hydrogen-bond acceptors (Lipinski definition) is 5. The lowest BCUT2D eigenvalue weighted by Crippen LogP contribution is -2.48. The van der Waals surface area contributed by atoms with Crippen molar-refractivity contribution in [3.05, 3.63) is 87.4 Å². The molecule has 0 atom stereocenters. The van der Waals surface area contributed by atoms with Gasteiger partial charge in [0, 0.05) is 41.6 Å². The smallest absolute Gasteiger partial charge is 0.259 e. The molecule has 0 saturated carbocycles. The molecule has 1 fully saturated rings. The average molecular weight is 465 g/mol. The summed E-state index contributed by atoms with van der Waals surface area (Å²) in [6, 6.07) is 19.0. The quantitative estimate of drug-likeness (QED) is 0.490. The molecular formula is C24H21ClN4O2S. The first-order valence-electron chi connectivity index (χ1n) is 10.4. The minimum Gasteiger partial charge on any atom is -0.336 e. The maximum Gasteiger partial charge on any atom is 0.259 e. The van der Waals surface area contributed by atoms with Crippen LogP contribution in [0.25, 0.3) is 20.7 Å². The summed E-state index contributed by atoms with van der Waals surface area (Å²) in [6.45, 7) is 3.22. The molecule has 2 aromatic carbocycles. The van der Waals surface area contributed by atoms with Gasteiger partial charge in [-0.3, -0.25) is 14.5 Å². The predicted molar refractivity (Wildman–Crippen MR) is 128 cm³/mol. The van der Waals surface area contributed by atoms with Crippen LogP contribution in [0.3, 0.4) is 0 Å². The minimum atomic E-state index is -0.113. The topological polar surface area (TPSA) is 69.3 Å². The second kappa shape index (κ2) is 8.86. The van der Waals surface area contributed by atoms with Gasteiger partial charge in [-0.2, -0.15) is 0 Å². The van der Waals surface area contributed by atoms with E-state index in [1.165, 1.54) is 11.3 Å². The summed E-state index contributed by atoms with van der Waals surface area (Å²) in [6.07, 6.45) is 0. The molecule has 0 radical (unpaired) electrons. The lowest BCUT2D eigenvalue weighted by molar-refractivity contribution is 0.0625. The van der Waals surface area contributed by atoms with E-state index in [1.807, 2.05) is 41.3 Å². The van der Waals surface area contributed by atoms with Crippen molar-refractivity contribution in [3.8, 4) is 10.4 Å². The van der Waals surface area contributed by atoms with E-state index in [9.17, 15) is 9.59 Å². The van der Waals surface area contributed by atoms with Crippen molar-refractivity contribution in [2.75, 3.05) is 26.2 Å². The third-order valence-electron chi connectivity index (χ3n) is 5.61. The monoisotopic (exact) mass is 464 g/mol. The zero-order chi connectivity index (χ0) is 22.1. The number of piperazine rings is 1. The van der Waals surface area contributed by atoms with Gasteiger partial charge in [-0.25, -0.2) is 4.98 Å². The molecule has 32 heavy (non-hydrogen) atoms. The number of fused-ring (bicyclic) bond motifs is 1. The SMILES string of the molecule is O=C(c1cccc(Cl)c1)N1CCN(Cc2nc3sc(-c4ccccc4)cc3c(=O)[nH]2)CC1. The molecule has 0 bridgehead atoms. The number of aromatic amines is 1. The van der Waals surface area contributed by atoms with E-state index in [-0.39, 0.29) is 11.5 Å². The molecule has 8 heteroatoms. The van der Waals surface area contributed by atoms with Gasteiger partial charge in [0.15, 0.2) is 0 Å². The Morgan fingerprint density at radius 3 is 2.56 bits per heavy atom. The number of carbonyl (C=O) groups excluding carboxylic acids is 1. The number of amides is 1. The number of H-pyrrole nitrogens is 1. The second-order valence-electron chi connectivity index (χ2n) is 7.79. The molecule has 0 spiro atoms. The first kappa shape index (κ1) is 20.9. The zero-order valence-corrected chi connectivity index (χ0v) is 18.8. The number of thiophene rings is 1. The molecule has 1 aliphatic heterocycles. The number of hydrogen-bond donors (Lipinski definition) is 1. The van der Waals surface area contributed by atoms with Crippen molar-refractivity contribution in [2.45, 2.75) is 6.54 Å². The summed E-state index contributed by atoms with van der Waals surface area (Å²) in [5, 5.41) is 1.18. The summed E-state index contributed by atoms with van der Waals surface area (Å²) in [5.41, 5.74) is 1.57. The van der Waals surface area contributed by atoms with Crippen LogP contribution in [-0.2, 0) is 6.54 Å². The van der Waals surface area contributed by atoms with E-state index in [2.05, 4.69) is 9.88 Å². The van der Waals surface area contributed by atoms with Gasteiger partial charge in [0.2, 0.25) is 0 Å². The highest BCUT2D eigenvalue weighted by atomic mass is 35.5. The number of benzene rings is 2. The lowest BCUT2D eigenvalue weighted by atomic mass is 10.2. The summed E-state index contributed by atoms with van der Waals surface area (Å²) in [7, 11) is 0. The van der Waals surface area contributed by atoms with Crippen LogP contribution in [0.2, 0.25) is 5.02 Å². The van der Waals surface area contributed by atoms with E-state index in [4.69, 9.17) is 16.6 Å². The standard InChI is InChI=1S/C24H21ClN4O2S/c25-18-8-4-7-17(13-18)24(31)29-11-9-28(10-12-29)15-21-26-22(30)19-14-20(32-23(19)27-21)16-5-2-1-3-6-16/h1-8,13-14H,9-12,15H2,(H,26,27,30). The van der Waals surface area contributed by atoms with Crippen molar-refractivity contribution in [2.24, 2.45) is 0 Å². The van der Waals surface area contributed by atoms with Gasteiger partial charge in [-0.05, 0) is 29.8 Å². The number of carbonyl (C=O) groups is 1. The summed E-state index contributed by atoms with van der Waals surface area (Å²) in [5.74, 6) is 0.644. The average Bonchev–Trinajstić information content (AvgIpc) is 3.25. The fourth-order valence-electron chi connectivity index (χ4n) is 3.92. The van der Waals surface area contributed by atoms with Crippen molar-refractivity contribution in [1.29, 1.82) is 0 Å². The highest BCUT2D eigenvalue weighted by molar-refractivity contribution is 7.21. The lowest BCUT2D eigenvalue weighted by Gasteiger charge is -2.34. The molecule has 4 aromatic rings. The van der Waals surface area contributed by atoms with E-state index in [0.717, 1.165) is 15.3 Å². The Morgan fingerprint density at radius 2 is 1.81 bits per heavy atom. The highest BCUT2D eigenvalue weighted by Crippen LogP contribution is 2.30. The van der Waals surface area contributed by atoms with Crippen LogP contribution in [0.4, 0.5) is 0 Å². The van der Waals surface area contributed by atoms with Crippen LogP contribution < -0.4 is 5.56 Å². The maximum absolute atomic E-state index is 12.7. The molecule has 1 aliphatic rings. The number of halogens is 1. The zero-order valence-electron chi connectivity index (χ0n) is 17.3. The van der Waals surface area contributed by atoms with Gasteiger partial charge >= 0.3 is 0 Å². The maximum atomic E-state index is 12.7. The molecule has 0 aliphatic carbocycles. The third kappa shape index (κ3) is 4.32. The van der Waals surface area contributed by atoms with Crippen LogP contribution in [0.1, 0.15) is 16.2 Å². The molecular weight excluding hydrogens is 444 g/mol. The van der Waals surface area contributed by atoms with Crippen LogP contribution in [0.5, 0.6) is 0 Å². The van der Waals surface area contributed by atoms with Gasteiger partial charge in [0.05, 0.1) is 11.9 Å². The number of nitrogens with one attached hydrogen (secondary N) is 1. The molecule has 0 unspecified atom stereocenters. The van der Waals surface area contributed by atoms with Gasteiger partial charge in [-0.15, -0.1) is 11.3 Å². The van der Waals surface area contributed by atoms with E-state index >= 15 is 0 Å². The second-order valence-corrected chi connectivity index (χ2v) is 9.25. The van der Waals surface area contributed by atoms with Crippen molar-refractivity contribution < 1.29 is 4.79 Å².